The smallest absolute Gasteiger partial charge is 0.233 e. The minimum absolute atomic E-state index is 0.0113. The molecule has 3 aliphatic heterocycles. The molecule has 94 heavy (non-hydrogen) atoms. The fourth-order valence-corrected chi connectivity index (χ4v) is 13.5. The number of benzene rings is 1. The van der Waals surface area contributed by atoms with Crippen LogP contribution in [0.15, 0.2) is 117 Å². The maximum atomic E-state index is 10.7. The van der Waals surface area contributed by atoms with E-state index >= 15 is 0 Å². The third kappa shape index (κ3) is 16.0. The van der Waals surface area contributed by atoms with E-state index in [0.717, 1.165) is 49.5 Å². The summed E-state index contributed by atoms with van der Waals surface area (Å²) in [6, 6.07) is 21.1. The standard InChI is InChI=1S/C27H29N7O2.2C20H25N7O2/c1-26(2)11-20(12-27(3,4)33-26)36-23-7-6-21(30-31-23)25-22(35)10-18(14-29-25)16-8-17(13-28)24-19(9-16)15-34(5)32-24;1-19(2)8-14(9-20(3,4)26-19)29-17-6-5-15(24-25-17)18-16(28)7-13(10-22-18)27-12-21-11-23-27;1-19(2)10-14(11-20(3,4)25-19)29-17-6-5-15(23-24-17)18-16(28)9-13(12-21-18)27-8-7-22-26-27/h6-10,14-15,20,33,35H,11-12H2,1-5H3;5-7,10-12,14,26,28H,8-9H2,1-4H3;5-9,12,14,25,28H,10-11H2,1-4H3. The van der Waals surface area contributed by atoms with Gasteiger partial charge in [-0.3, -0.25) is 4.68 Å². The van der Waals surface area contributed by atoms with E-state index in [2.05, 4.69) is 176 Å². The second kappa shape index (κ2) is 25.7. The maximum absolute atomic E-state index is 10.7. The SMILES string of the molecule is CC1(C)CC(Oc2ccc(-c3ncc(-n4ccnn4)cc3O)nn2)CC(C)(C)N1.CC1(C)CC(Oc2ccc(-c3ncc(-n4cncn4)cc3O)nn2)CC(C)(C)N1.Cn1cc2cc(-c3cnc(-c4ccc(OC5CC(C)(C)NC(C)(C)C5)nn4)c(O)c3)cc(C#N)c2n1. The summed E-state index contributed by atoms with van der Waals surface area (Å²) in [4.78, 5) is 16.9. The van der Waals surface area contributed by atoms with E-state index in [1.165, 1.54) is 22.0 Å². The predicted molar refractivity (Wildman–Crippen MR) is 350 cm³/mol. The summed E-state index contributed by atoms with van der Waals surface area (Å²) >= 11 is 0. The molecule has 13 rings (SSSR count). The summed E-state index contributed by atoms with van der Waals surface area (Å²) in [5, 5.41) is 94.0. The first-order chi connectivity index (χ1) is 44.4. The molecule has 27 heteroatoms. The molecular weight excluding hydrogens is 1190 g/mol. The molecule has 3 fully saturated rings. The second-order valence-corrected chi connectivity index (χ2v) is 28.2. The van der Waals surface area contributed by atoms with Crippen LogP contribution in [0, 0.1) is 11.3 Å². The summed E-state index contributed by atoms with van der Waals surface area (Å²) in [5.74, 6) is 1.33. The molecule has 0 saturated carbocycles. The van der Waals surface area contributed by atoms with E-state index in [1.807, 2.05) is 19.3 Å². The Bertz CT molecular complexity index is 4110. The molecule has 10 aromatic rings. The lowest BCUT2D eigenvalue weighted by Gasteiger charge is -2.46. The first-order valence-corrected chi connectivity index (χ1v) is 31.0. The van der Waals surface area contributed by atoms with Crippen molar-refractivity contribution in [3.05, 3.63) is 122 Å². The Balaban J connectivity index is 0.000000145. The predicted octanol–water partition coefficient (Wildman–Crippen LogP) is 9.38. The zero-order valence-electron chi connectivity index (χ0n) is 55.1. The quantitative estimate of drug-likeness (QED) is 0.0663. The van der Waals surface area contributed by atoms with Gasteiger partial charge in [0, 0.05) is 132 Å². The van der Waals surface area contributed by atoms with Gasteiger partial charge in [0.15, 0.2) is 0 Å². The van der Waals surface area contributed by atoms with Gasteiger partial charge in [0.05, 0.1) is 41.7 Å². The van der Waals surface area contributed by atoms with Crippen LogP contribution >= 0.6 is 0 Å². The number of aryl methyl sites for hydroxylation is 1. The molecule has 488 valence electrons. The average Bonchev–Trinajstić information content (AvgIpc) is 1.23. The fraction of sp³-hybridized carbons (Fsp3) is 0.418. The van der Waals surface area contributed by atoms with E-state index in [-0.39, 0.29) is 68.8 Å². The molecule has 12 heterocycles. The zero-order valence-corrected chi connectivity index (χ0v) is 55.1. The zero-order chi connectivity index (χ0) is 67.0. The van der Waals surface area contributed by atoms with Gasteiger partial charge in [0.25, 0.3) is 0 Å². The number of aromatic hydroxyl groups is 3. The van der Waals surface area contributed by atoms with Crippen LogP contribution in [0.3, 0.4) is 0 Å². The number of hydrogen-bond donors (Lipinski definition) is 6. The number of nitrogens with zero attached hydrogens (tertiary/aromatic N) is 18. The van der Waals surface area contributed by atoms with Gasteiger partial charge in [-0.1, -0.05) is 5.21 Å². The van der Waals surface area contributed by atoms with Gasteiger partial charge in [-0.15, -0.1) is 35.7 Å². The van der Waals surface area contributed by atoms with Crippen LogP contribution in [0.25, 0.3) is 67.6 Å². The average molecular weight is 1270 g/mol. The number of piperidine rings is 3. The van der Waals surface area contributed by atoms with Gasteiger partial charge in [-0.25, -0.2) is 29.3 Å². The summed E-state index contributed by atoms with van der Waals surface area (Å²) in [6.45, 7) is 26.1. The van der Waals surface area contributed by atoms with Crippen LogP contribution in [0.2, 0.25) is 0 Å². The minimum atomic E-state index is -0.0349. The van der Waals surface area contributed by atoms with Crippen molar-refractivity contribution < 1.29 is 29.5 Å². The third-order valence-electron chi connectivity index (χ3n) is 16.1. The topological polar surface area (TPSA) is 344 Å². The fourth-order valence-electron chi connectivity index (χ4n) is 13.5. The Morgan fingerprint density at radius 3 is 1.31 bits per heavy atom. The van der Waals surface area contributed by atoms with Crippen molar-refractivity contribution in [1.82, 2.24) is 101 Å². The molecule has 0 bridgehead atoms. The van der Waals surface area contributed by atoms with Crippen molar-refractivity contribution in [2.75, 3.05) is 0 Å². The number of aromatic nitrogens is 17. The van der Waals surface area contributed by atoms with Crippen molar-refractivity contribution in [2.45, 2.75) is 173 Å². The molecule has 0 unspecified atom stereocenters. The highest BCUT2D eigenvalue weighted by Gasteiger charge is 2.41. The van der Waals surface area contributed by atoms with Crippen LogP contribution in [0.4, 0.5) is 0 Å². The Labute approximate surface area is 544 Å². The highest BCUT2D eigenvalue weighted by molar-refractivity contribution is 5.89. The van der Waals surface area contributed by atoms with Crippen molar-refractivity contribution in [3.63, 3.8) is 0 Å². The molecule has 0 aliphatic carbocycles. The largest absolute Gasteiger partial charge is 0.506 e. The minimum Gasteiger partial charge on any atom is -0.506 e. The molecular formula is C67H79N21O6. The number of rotatable bonds is 12. The Morgan fingerprint density at radius 2 is 0.947 bits per heavy atom. The highest BCUT2D eigenvalue weighted by Crippen LogP contribution is 2.37. The van der Waals surface area contributed by atoms with Crippen LogP contribution in [0.1, 0.15) is 127 Å². The van der Waals surface area contributed by atoms with Crippen molar-refractivity contribution in [3.8, 4) is 97.6 Å². The van der Waals surface area contributed by atoms with E-state index in [0.29, 0.717) is 79.8 Å². The number of ether oxygens (including phenoxy) is 3. The van der Waals surface area contributed by atoms with Crippen LogP contribution < -0.4 is 30.2 Å². The number of hydrogen-bond acceptors (Lipinski definition) is 24. The number of fused-ring (bicyclic) bond motifs is 1. The summed E-state index contributed by atoms with van der Waals surface area (Å²) in [5.41, 5.74) is 6.03. The summed E-state index contributed by atoms with van der Waals surface area (Å²) in [6.07, 6.45) is 18.2. The Hall–Kier alpha value is -10.2. The lowest BCUT2D eigenvalue weighted by atomic mass is 9.81. The highest BCUT2D eigenvalue weighted by atomic mass is 16.5. The first-order valence-electron chi connectivity index (χ1n) is 31.0. The molecule has 9 aromatic heterocycles. The van der Waals surface area contributed by atoms with Gasteiger partial charge in [0.2, 0.25) is 17.6 Å². The maximum Gasteiger partial charge on any atom is 0.233 e. The molecule has 0 atom stereocenters. The molecule has 3 saturated heterocycles. The second-order valence-electron chi connectivity index (χ2n) is 28.2. The number of nitriles is 1. The van der Waals surface area contributed by atoms with E-state index in [1.54, 1.807) is 96.3 Å². The molecule has 0 amide bonds. The normalized spacial score (nSPS) is 18.0. The first kappa shape index (κ1) is 65.3. The number of pyridine rings is 3. The number of nitrogens with one attached hydrogen (secondary N) is 3. The molecule has 0 radical (unpaired) electrons. The van der Waals surface area contributed by atoms with Gasteiger partial charge >= 0.3 is 0 Å². The molecule has 27 nitrogen and oxygen atoms in total. The van der Waals surface area contributed by atoms with Crippen molar-refractivity contribution >= 4 is 10.9 Å². The summed E-state index contributed by atoms with van der Waals surface area (Å²) in [7, 11) is 1.81. The molecule has 1 aromatic carbocycles. The lowest BCUT2D eigenvalue weighted by molar-refractivity contribution is 0.0518. The summed E-state index contributed by atoms with van der Waals surface area (Å²) < 4.78 is 23.1. The Morgan fingerprint density at radius 1 is 0.521 bits per heavy atom. The van der Waals surface area contributed by atoms with Crippen molar-refractivity contribution in [2.24, 2.45) is 7.05 Å². The van der Waals surface area contributed by atoms with Gasteiger partial charge in [-0.05, 0) is 125 Å². The lowest BCUT2D eigenvalue weighted by Crippen LogP contribution is -2.60. The molecule has 0 spiro atoms. The van der Waals surface area contributed by atoms with E-state index in [4.69, 9.17) is 14.2 Å². The molecule has 6 N–H and O–H groups in total. The van der Waals surface area contributed by atoms with Crippen molar-refractivity contribution in [1.29, 1.82) is 5.26 Å². The van der Waals surface area contributed by atoms with Crippen LogP contribution in [-0.4, -0.2) is 152 Å². The van der Waals surface area contributed by atoms with Crippen LogP contribution in [0.5, 0.6) is 34.9 Å². The van der Waals surface area contributed by atoms with Gasteiger partial charge < -0.3 is 45.5 Å². The third-order valence-corrected chi connectivity index (χ3v) is 16.1. The van der Waals surface area contributed by atoms with Crippen LogP contribution in [-0.2, 0) is 7.05 Å². The van der Waals surface area contributed by atoms with Gasteiger partial charge in [0.1, 0.15) is 94.0 Å². The van der Waals surface area contributed by atoms with Gasteiger partial charge in [-0.2, -0.15) is 15.5 Å². The molecule has 3 aliphatic rings. The monoisotopic (exact) mass is 1270 g/mol. The Kier molecular flexibility index (Phi) is 17.9. The van der Waals surface area contributed by atoms with E-state index < -0.39 is 0 Å². The van der Waals surface area contributed by atoms with E-state index in [9.17, 15) is 20.6 Å².